The molecule has 0 radical (unpaired) electrons. The number of hydrogen-bond acceptors (Lipinski definition) is 11. The van der Waals surface area contributed by atoms with Crippen molar-refractivity contribution in [2.45, 2.75) is 50.7 Å². The number of nitrogens with one attached hydrogen (secondary N) is 2. The van der Waals surface area contributed by atoms with E-state index in [2.05, 4.69) is 54.6 Å². The predicted octanol–water partition coefficient (Wildman–Crippen LogP) is 3.58. The summed E-state index contributed by atoms with van der Waals surface area (Å²) in [4.78, 5) is 27.5. The van der Waals surface area contributed by atoms with Crippen LogP contribution < -0.4 is 15.5 Å². The van der Waals surface area contributed by atoms with Gasteiger partial charge in [0.15, 0.2) is 5.65 Å². The monoisotopic (exact) mass is 589 g/mol. The molecule has 3 fully saturated rings. The number of halogens is 1. The van der Waals surface area contributed by atoms with Gasteiger partial charge in [-0.25, -0.2) is 4.79 Å². The Kier molecular flexibility index (Phi) is 7.62. The number of rotatable bonds is 6. The zero-order valence-corrected chi connectivity index (χ0v) is 24.3. The van der Waals surface area contributed by atoms with E-state index in [9.17, 15) is 15.3 Å². The molecule has 1 atom stereocenters. The summed E-state index contributed by atoms with van der Waals surface area (Å²) in [6, 6.07) is 8.75. The Morgan fingerprint density at radius 1 is 1.10 bits per heavy atom. The van der Waals surface area contributed by atoms with Gasteiger partial charge in [0.2, 0.25) is 11.9 Å². The van der Waals surface area contributed by atoms with Gasteiger partial charge in [0.1, 0.15) is 11.6 Å². The van der Waals surface area contributed by atoms with Crippen LogP contribution in [0.4, 0.5) is 28.1 Å². The molecule has 3 aliphatic rings. The van der Waals surface area contributed by atoms with E-state index in [-0.39, 0.29) is 18.1 Å². The Morgan fingerprint density at radius 2 is 1.88 bits per heavy atom. The second-order valence-corrected chi connectivity index (χ2v) is 11.4. The van der Waals surface area contributed by atoms with Crippen molar-refractivity contribution < 1.29 is 9.53 Å². The van der Waals surface area contributed by atoms with E-state index >= 15 is 0 Å². The fourth-order valence-electron chi connectivity index (χ4n) is 5.83. The summed E-state index contributed by atoms with van der Waals surface area (Å²) in [6.07, 6.45) is 5.10. The number of methoxy groups -OCH3 is 1. The number of carbonyl (C=O) groups excluding carboxylic acids is 1. The first-order valence-electron chi connectivity index (χ1n) is 14.1. The fraction of sp³-hybridized carbons (Fsp3) is 0.500. The van der Waals surface area contributed by atoms with Crippen LogP contribution in [-0.4, -0.2) is 93.4 Å². The van der Waals surface area contributed by atoms with Crippen LogP contribution in [0.1, 0.15) is 43.7 Å². The lowest BCUT2D eigenvalue weighted by atomic mass is 10.0. The van der Waals surface area contributed by atoms with Crippen molar-refractivity contribution in [2.24, 2.45) is 0 Å². The summed E-state index contributed by atoms with van der Waals surface area (Å²) in [5.74, 6) is 0.739. The smallest absolute Gasteiger partial charge is 0.409 e. The van der Waals surface area contributed by atoms with Gasteiger partial charge in [-0.05, 0) is 44.7 Å². The highest BCUT2D eigenvalue weighted by Crippen LogP contribution is 2.38. The van der Waals surface area contributed by atoms with Gasteiger partial charge in [-0.15, -0.1) is 0 Å². The van der Waals surface area contributed by atoms with E-state index in [1.54, 1.807) is 11.0 Å². The number of likely N-dealkylation sites (tertiary alicyclic amines) is 1. The number of carbonyl (C=O) groups is 1. The number of ether oxygens (including phenoxy) is 1. The molecule has 2 aromatic heterocycles. The fourth-order valence-corrected chi connectivity index (χ4v) is 6.09. The molecule has 4 heterocycles. The number of fused-ring (bicyclic) bond motifs is 1. The van der Waals surface area contributed by atoms with Crippen LogP contribution in [0.5, 0.6) is 0 Å². The number of benzene rings is 1. The van der Waals surface area contributed by atoms with E-state index < -0.39 is 0 Å². The van der Waals surface area contributed by atoms with E-state index in [0.717, 1.165) is 51.0 Å². The molecule has 2 N–H and O–H groups in total. The minimum atomic E-state index is -0.264. The topological polar surface area (TPSA) is 151 Å². The molecule has 13 nitrogen and oxygen atoms in total. The van der Waals surface area contributed by atoms with E-state index in [1.165, 1.54) is 17.8 Å². The standard InChI is InChI=1S/C28H32ClN11O2/c1-17-16-38(21-5-7-37(8-6-21)28(41)42-2)9-10-39(17)23-12-18(13-30)11-22(24(23)29)34-26-35-25-19(14-31)15-32-40(25)27(36-26)33-20-3-4-20/h11-12,15,17,20-21H,3-10,16H2,1-2H3,(H2,33,34,35,36)/t17-/m0/s1. The zero-order valence-electron chi connectivity index (χ0n) is 23.5. The summed E-state index contributed by atoms with van der Waals surface area (Å²) in [7, 11) is 1.42. The molecule has 0 bridgehead atoms. The van der Waals surface area contributed by atoms with Gasteiger partial charge in [0.05, 0.1) is 41.3 Å². The molecule has 1 aromatic carbocycles. The number of aromatic nitrogens is 4. The molecule has 42 heavy (non-hydrogen) atoms. The first-order chi connectivity index (χ1) is 20.4. The third-order valence-corrected chi connectivity index (χ3v) is 8.61. The number of nitriles is 2. The Hall–Kier alpha value is -4.33. The van der Waals surface area contributed by atoms with Crippen LogP contribution >= 0.6 is 11.6 Å². The highest BCUT2D eigenvalue weighted by atomic mass is 35.5. The first-order valence-corrected chi connectivity index (χ1v) is 14.5. The Morgan fingerprint density at radius 3 is 2.55 bits per heavy atom. The molecule has 218 valence electrons. The van der Waals surface area contributed by atoms with Crippen LogP contribution in [0.25, 0.3) is 5.65 Å². The van der Waals surface area contributed by atoms with Crippen molar-refractivity contribution in [2.75, 3.05) is 55.4 Å². The minimum absolute atomic E-state index is 0.142. The molecule has 0 spiro atoms. The molecule has 2 saturated heterocycles. The van der Waals surface area contributed by atoms with Crippen LogP contribution in [0.2, 0.25) is 5.02 Å². The van der Waals surface area contributed by atoms with Gasteiger partial charge in [0.25, 0.3) is 0 Å². The van der Waals surface area contributed by atoms with Crippen molar-refractivity contribution in [3.8, 4) is 12.1 Å². The molecular weight excluding hydrogens is 558 g/mol. The second kappa shape index (κ2) is 11.5. The van der Waals surface area contributed by atoms with Gasteiger partial charge >= 0.3 is 6.09 Å². The van der Waals surface area contributed by atoms with E-state index in [0.29, 0.717) is 58.6 Å². The molecule has 14 heteroatoms. The highest BCUT2D eigenvalue weighted by Gasteiger charge is 2.33. The van der Waals surface area contributed by atoms with Gasteiger partial charge in [0, 0.05) is 50.8 Å². The predicted molar refractivity (Wildman–Crippen MR) is 157 cm³/mol. The largest absolute Gasteiger partial charge is 0.453 e. The zero-order chi connectivity index (χ0) is 29.4. The normalized spacial score (nSPS) is 19.8. The molecule has 6 rings (SSSR count). The van der Waals surface area contributed by atoms with Crippen molar-refractivity contribution in [1.82, 2.24) is 29.4 Å². The van der Waals surface area contributed by atoms with Gasteiger partial charge in [-0.1, -0.05) is 11.6 Å². The number of nitrogens with zero attached hydrogens (tertiary/aromatic N) is 9. The van der Waals surface area contributed by atoms with Gasteiger partial charge in [-0.2, -0.15) is 30.1 Å². The second-order valence-electron chi connectivity index (χ2n) is 11.0. The molecular formula is C28H32ClN11O2. The van der Waals surface area contributed by atoms with Gasteiger partial charge < -0.3 is 25.2 Å². The maximum Gasteiger partial charge on any atom is 0.409 e. The van der Waals surface area contributed by atoms with E-state index in [1.807, 2.05) is 6.07 Å². The lowest BCUT2D eigenvalue weighted by molar-refractivity contribution is 0.0768. The van der Waals surface area contributed by atoms with Crippen LogP contribution in [0.15, 0.2) is 18.3 Å². The number of anilines is 4. The quantitative estimate of drug-likeness (QED) is 0.434. The number of piperidine rings is 1. The summed E-state index contributed by atoms with van der Waals surface area (Å²) in [5, 5.41) is 30.7. The molecule has 1 saturated carbocycles. The average molecular weight is 590 g/mol. The summed E-state index contributed by atoms with van der Waals surface area (Å²) in [5.41, 5.74) is 2.45. The SMILES string of the molecule is COC(=O)N1CCC(N2CCN(c3cc(C#N)cc(Nc4nc(NC5CC5)n5ncc(C#N)c5n4)c3Cl)[C@@H](C)C2)CC1. The third-order valence-electron chi connectivity index (χ3n) is 8.21. The van der Waals surface area contributed by atoms with Crippen molar-refractivity contribution >= 4 is 46.6 Å². The first kappa shape index (κ1) is 27.8. The van der Waals surface area contributed by atoms with Crippen LogP contribution in [0.3, 0.4) is 0 Å². The number of piperazine rings is 1. The van der Waals surface area contributed by atoms with Crippen LogP contribution in [0, 0.1) is 22.7 Å². The van der Waals surface area contributed by atoms with Crippen molar-refractivity contribution in [1.29, 1.82) is 10.5 Å². The Balaban J connectivity index is 1.22. The summed E-state index contributed by atoms with van der Waals surface area (Å²) < 4.78 is 6.40. The number of hydrogen-bond donors (Lipinski definition) is 2. The van der Waals surface area contributed by atoms with E-state index in [4.69, 9.17) is 16.3 Å². The van der Waals surface area contributed by atoms with Crippen molar-refractivity contribution in [3.63, 3.8) is 0 Å². The Bertz CT molecular complexity index is 1580. The molecule has 2 aliphatic heterocycles. The lowest BCUT2D eigenvalue weighted by Gasteiger charge is -2.46. The van der Waals surface area contributed by atoms with Gasteiger partial charge in [-0.3, -0.25) is 4.90 Å². The summed E-state index contributed by atoms with van der Waals surface area (Å²) in [6.45, 7) is 5.97. The molecule has 3 aromatic rings. The highest BCUT2D eigenvalue weighted by molar-refractivity contribution is 6.36. The molecule has 1 aliphatic carbocycles. The van der Waals surface area contributed by atoms with Crippen molar-refractivity contribution in [3.05, 3.63) is 34.5 Å². The maximum atomic E-state index is 11.9. The number of amides is 1. The molecule has 1 amide bonds. The summed E-state index contributed by atoms with van der Waals surface area (Å²) >= 11 is 7.00. The lowest BCUT2D eigenvalue weighted by Crippen LogP contribution is -2.57. The minimum Gasteiger partial charge on any atom is -0.453 e. The molecule has 0 unspecified atom stereocenters. The maximum absolute atomic E-state index is 11.9. The van der Waals surface area contributed by atoms with Crippen LogP contribution in [-0.2, 0) is 4.74 Å². The Labute approximate surface area is 248 Å². The average Bonchev–Trinajstić information content (AvgIpc) is 3.73. The third kappa shape index (κ3) is 5.45.